The van der Waals surface area contributed by atoms with E-state index in [9.17, 15) is 9.59 Å². The largest absolute Gasteiger partial charge is 0.466 e. The van der Waals surface area contributed by atoms with E-state index in [1.807, 2.05) is 13.8 Å². The van der Waals surface area contributed by atoms with E-state index in [2.05, 4.69) is 0 Å². The van der Waals surface area contributed by atoms with E-state index < -0.39 is 0 Å². The van der Waals surface area contributed by atoms with E-state index in [-0.39, 0.29) is 18.3 Å². The zero-order chi connectivity index (χ0) is 14.6. The lowest BCUT2D eigenvalue weighted by Gasteiger charge is -2.16. The monoisotopic (exact) mass is 267 g/mol. The maximum Gasteiger partial charge on any atom is 0.307 e. The second-order valence-corrected chi connectivity index (χ2v) is 4.50. The van der Waals surface area contributed by atoms with Crippen molar-refractivity contribution in [2.24, 2.45) is 0 Å². The molecule has 5 nitrogen and oxygen atoms in total. The summed E-state index contributed by atoms with van der Waals surface area (Å²) in [5.41, 5.74) is 1.44. The van der Waals surface area contributed by atoms with Crippen LogP contribution in [0, 0.1) is 20.8 Å². The summed E-state index contributed by atoms with van der Waals surface area (Å²) in [5.74, 6) is 0.942. The summed E-state index contributed by atoms with van der Waals surface area (Å²) in [6.07, 6.45) is 0.199. The predicted octanol–water partition coefficient (Wildman–Crippen LogP) is 2.23. The summed E-state index contributed by atoms with van der Waals surface area (Å²) in [5, 5.41) is 0. The van der Waals surface area contributed by atoms with Gasteiger partial charge >= 0.3 is 5.97 Å². The van der Waals surface area contributed by atoms with Gasteiger partial charge < -0.3 is 14.1 Å². The van der Waals surface area contributed by atoms with E-state index in [1.54, 1.807) is 20.9 Å². The Bertz CT molecular complexity index is 476. The average Bonchev–Trinajstić information content (AvgIpc) is 2.60. The highest BCUT2D eigenvalue weighted by Gasteiger charge is 2.22. The number of aryl methyl sites for hydroxylation is 2. The number of hydrogen-bond acceptors (Lipinski definition) is 4. The molecule has 5 heteroatoms. The minimum atomic E-state index is -0.293. The van der Waals surface area contributed by atoms with Crippen LogP contribution in [-0.4, -0.2) is 37.0 Å². The third-order valence-corrected chi connectivity index (χ3v) is 3.08. The summed E-state index contributed by atoms with van der Waals surface area (Å²) in [6.45, 7) is 7.91. The minimum absolute atomic E-state index is 0.129. The third kappa shape index (κ3) is 3.59. The Morgan fingerprint density at radius 3 is 2.32 bits per heavy atom. The molecule has 0 unspecified atom stereocenters. The van der Waals surface area contributed by atoms with Crippen LogP contribution in [-0.2, 0) is 9.53 Å². The van der Waals surface area contributed by atoms with Gasteiger partial charge in [0, 0.05) is 19.2 Å². The highest BCUT2D eigenvalue weighted by atomic mass is 16.5. The molecule has 0 fully saturated rings. The Balaban J connectivity index is 2.69. The number of carbonyl (C=O) groups excluding carboxylic acids is 2. The summed E-state index contributed by atoms with van der Waals surface area (Å²) in [4.78, 5) is 25.1. The van der Waals surface area contributed by atoms with Crippen LogP contribution in [0.25, 0.3) is 0 Å². The van der Waals surface area contributed by atoms with Crippen molar-refractivity contribution >= 4 is 11.9 Å². The standard InChI is InChI=1S/C14H21NO4/c1-6-18-12(16)7-8-15(5)14(17)13-9(2)10(3)19-11(13)4/h6-8H2,1-5H3. The molecule has 1 aromatic heterocycles. The molecule has 0 radical (unpaired) electrons. The van der Waals surface area contributed by atoms with Crippen LogP contribution >= 0.6 is 0 Å². The number of ether oxygens (including phenoxy) is 1. The van der Waals surface area contributed by atoms with Gasteiger partial charge in [-0.25, -0.2) is 0 Å². The fourth-order valence-electron chi connectivity index (χ4n) is 1.89. The van der Waals surface area contributed by atoms with Gasteiger partial charge in [0.2, 0.25) is 0 Å². The maximum absolute atomic E-state index is 12.3. The second-order valence-electron chi connectivity index (χ2n) is 4.50. The summed E-state index contributed by atoms with van der Waals surface area (Å²) in [7, 11) is 1.67. The quantitative estimate of drug-likeness (QED) is 0.768. The van der Waals surface area contributed by atoms with Gasteiger partial charge in [-0.3, -0.25) is 9.59 Å². The number of carbonyl (C=O) groups is 2. The first-order valence-corrected chi connectivity index (χ1v) is 6.36. The second kappa shape index (κ2) is 6.41. The van der Waals surface area contributed by atoms with Crippen LogP contribution in [0.2, 0.25) is 0 Å². The van der Waals surface area contributed by atoms with Crippen molar-refractivity contribution in [3.63, 3.8) is 0 Å². The maximum atomic E-state index is 12.3. The topological polar surface area (TPSA) is 59.8 Å². The molecule has 0 aliphatic rings. The number of nitrogens with zero attached hydrogens (tertiary/aromatic N) is 1. The molecule has 1 heterocycles. The van der Waals surface area contributed by atoms with Crippen LogP contribution < -0.4 is 0 Å². The van der Waals surface area contributed by atoms with E-state index in [0.717, 1.165) is 11.3 Å². The summed E-state index contributed by atoms with van der Waals surface area (Å²) < 4.78 is 10.3. The fraction of sp³-hybridized carbons (Fsp3) is 0.571. The van der Waals surface area contributed by atoms with Gasteiger partial charge in [0.25, 0.3) is 5.91 Å². The van der Waals surface area contributed by atoms with Gasteiger partial charge in [-0.2, -0.15) is 0 Å². The predicted molar refractivity (Wildman–Crippen MR) is 71.1 cm³/mol. The molecule has 0 N–H and O–H groups in total. The van der Waals surface area contributed by atoms with Crippen molar-refractivity contribution in [2.45, 2.75) is 34.1 Å². The minimum Gasteiger partial charge on any atom is -0.466 e. The molecule has 0 aliphatic heterocycles. The number of amides is 1. The lowest BCUT2D eigenvalue weighted by molar-refractivity contribution is -0.143. The van der Waals surface area contributed by atoms with Crippen molar-refractivity contribution in [1.29, 1.82) is 0 Å². The van der Waals surface area contributed by atoms with E-state index in [0.29, 0.717) is 24.5 Å². The molecule has 19 heavy (non-hydrogen) atoms. The Labute approximate surface area is 113 Å². The van der Waals surface area contributed by atoms with Crippen LogP contribution in [0.4, 0.5) is 0 Å². The first-order valence-electron chi connectivity index (χ1n) is 6.36. The van der Waals surface area contributed by atoms with Gasteiger partial charge in [0.05, 0.1) is 18.6 Å². The zero-order valence-electron chi connectivity index (χ0n) is 12.2. The van der Waals surface area contributed by atoms with E-state index in [4.69, 9.17) is 9.15 Å². The van der Waals surface area contributed by atoms with Crippen LogP contribution in [0.3, 0.4) is 0 Å². The average molecular weight is 267 g/mol. The highest BCUT2D eigenvalue weighted by Crippen LogP contribution is 2.22. The molecule has 0 bridgehead atoms. The van der Waals surface area contributed by atoms with Crippen molar-refractivity contribution in [3.05, 3.63) is 22.6 Å². The molecule has 0 aromatic carbocycles. The van der Waals surface area contributed by atoms with E-state index in [1.165, 1.54) is 4.90 Å². The van der Waals surface area contributed by atoms with Crippen LogP contribution in [0.1, 0.15) is 40.8 Å². The molecule has 0 aliphatic carbocycles. The molecule has 1 amide bonds. The van der Waals surface area contributed by atoms with Crippen molar-refractivity contribution in [1.82, 2.24) is 4.90 Å². The van der Waals surface area contributed by atoms with Crippen molar-refractivity contribution in [2.75, 3.05) is 20.2 Å². The first kappa shape index (κ1) is 15.3. The molecule has 0 spiro atoms. The smallest absolute Gasteiger partial charge is 0.307 e. The fourth-order valence-corrected chi connectivity index (χ4v) is 1.89. The molecule has 1 rings (SSSR count). The zero-order valence-corrected chi connectivity index (χ0v) is 12.2. The van der Waals surface area contributed by atoms with Gasteiger partial charge in [-0.1, -0.05) is 0 Å². The Kier molecular flexibility index (Phi) is 5.15. The van der Waals surface area contributed by atoms with Gasteiger partial charge in [-0.05, 0) is 27.7 Å². The summed E-state index contributed by atoms with van der Waals surface area (Å²) in [6, 6.07) is 0. The molecule has 106 valence electrons. The SMILES string of the molecule is CCOC(=O)CCN(C)C(=O)c1c(C)oc(C)c1C. The molecule has 0 atom stereocenters. The van der Waals surface area contributed by atoms with Crippen molar-refractivity contribution in [3.8, 4) is 0 Å². The van der Waals surface area contributed by atoms with Gasteiger partial charge in [0.15, 0.2) is 0 Å². The first-order chi connectivity index (χ1) is 8.88. The van der Waals surface area contributed by atoms with Gasteiger partial charge in [0.1, 0.15) is 11.5 Å². The summed E-state index contributed by atoms with van der Waals surface area (Å²) >= 11 is 0. The molecular formula is C14H21NO4. The van der Waals surface area contributed by atoms with Crippen LogP contribution in [0.15, 0.2) is 4.42 Å². The van der Waals surface area contributed by atoms with E-state index >= 15 is 0 Å². The highest BCUT2D eigenvalue weighted by molar-refractivity contribution is 5.96. The lowest BCUT2D eigenvalue weighted by Crippen LogP contribution is -2.30. The molecule has 0 saturated carbocycles. The molecule has 0 saturated heterocycles. The number of furan rings is 1. The Morgan fingerprint density at radius 2 is 1.84 bits per heavy atom. The van der Waals surface area contributed by atoms with Crippen molar-refractivity contribution < 1.29 is 18.7 Å². The Morgan fingerprint density at radius 1 is 1.21 bits per heavy atom. The normalized spacial score (nSPS) is 10.4. The Hall–Kier alpha value is -1.78. The lowest BCUT2D eigenvalue weighted by atomic mass is 10.1. The molecule has 1 aromatic rings. The third-order valence-electron chi connectivity index (χ3n) is 3.08. The number of rotatable bonds is 5. The number of hydrogen-bond donors (Lipinski definition) is 0. The molecular weight excluding hydrogens is 246 g/mol. The van der Waals surface area contributed by atoms with Gasteiger partial charge in [-0.15, -0.1) is 0 Å². The number of esters is 1. The van der Waals surface area contributed by atoms with Crippen LogP contribution in [0.5, 0.6) is 0 Å².